The van der Waals surface area contributed by atoms with Crippen LogP contribution in [0.15, 0.2) is 30.4 Å². The molecule has 1 amide bonds. The summed E-state index contributed by atoms with van der Waals surface area (Å²) in [5, 5.41) is 13.7. The highest BCUT2D eigenvalue weighted by Gasteiger charge is 2.52. The van der Waals surface area contributed by atoms with Gasteiger partial charge in [-0.3, -0.25) is 14.9 Å². The number of aryl methyl sites for hydroxylation is 1. The van der Waals surface area contributed by atoms with Crippen molar-refractivity contribution in [2.24, 2.45) is 17.8 Å². The number of nitrogens with zero attached hydrogens (tertiary/aromatic N) is 1. The molecule has 1 N–H and O–H groups in total. The lowest BCUT2D eigenvalue weighted by molar-refractivity contribution is -0.384. The van der Waals surface area contributed by atoms with E-state index in [1.54, 1.807) is 6.07 Å². The molecule has 0 unspecified atom stereocenters. The van der Waals surface area contributed by atoms with Crippen LogP contribution in [0.5, 0.6) is 0 Å². The van der Waals surface area contributed by atoms with E-state index in [2.05, 4.69) is 17.5 Å². The van der Waals surface area contributed by atoms with E-state index in [1.165, 1.54) is 25.0 Å². The van der Waals surface area contributed by atoms with Gasteiger partial charge in [0.1, 0.15) is 0 Å². The summed E-state index contributed by atoms with van der Waals surface area (Å²) < 4.78 is 0. The van der Waals surface area contributed by atoms with Crippen LogP contribution in [0.2, 0.25) is 0 Å². The maximum Gasteiger partial charge on any atom is 0.271 e. The minimum atomic E-state index is -0.441. The Bertz CT molecular complexity index is 639. The molecule has 1 aromatic rings. The maximum absolute atomic E-state index is 12.5. The number of fused-ring (bicyclic) bond motifs is 1. The lowest BCUT2D eigenvalue weighted by Crippen LogP contribution is -2.16. The van der Waals surface area contributed by atoms with Crippen molar-refractivity contribution < 1.29 is 9.72 Å². The molecule has 0 radical (unpaired) electrons. The molecule has 0 aliphatic heterocycles. The summed E-state index contributed by atoms with van der Waals surface area (Å²) in [6, 6.07) is 4.57. The molecule has 5 heteroatoms. The van der Waals surface area contributed by atoms with E-state index in [4.69, 9.17) is 0 Å². The van der Waals surface area contributed by atoms with Crippen LogP contribution in [-0.2, 0) is 4.79 Å². The highest BCUT2D eigenvalue weighted by atomic mass is 16.6. The summed E-state index contributed by atoms with van der Waals surface area (Å²) in [6.07, 6.45) is 8.92. The second kappa shape index (κ2) is 5.91. The number of hydrogen-bond donors (Lipinski definition) is 1. The largest absolute Gasteiger partial charge is 0.325 e. The number of anilines is 1. The van der Waals surface area contributed by atoms with E-state index >= 15 is 0 Å². The van der Waals surface area contributed by atoms with Crippen LogP contribution in [-0.4, -0.2) is 10.8 Å². The number of amides is 1. The molecular weight excluding hydrogens is 280 g/mol. The molecule has 1 fully saturated rings. The van der Waals surface area contributed by atoms with Gasteiger partial charge in [0, 0.05) is 18.1 Å². The van der Waals surface area contributed by atoms with Gasteiger partial charge in [0.25, 0.3) is 5.69 Å². The van der Waals surface area contributed by atoms with Crippen molar-refractivity contribution in [1.82, 2.24) is 0 Å². The van der Waals surface area contributed by atoms with Gasteiger partial charge in [-0.1, -0.05) is 24.6 Å². The van der Waals surface area contributed by atoms with Gasteiger partial charge < -0.3 is 5.32 Å². The molecule has 0 heterocycles. The Kier molecular flexibility index (Phi) is 3.96. The van der Waals surface area contributed by atoms with Crippen LogP contribution < -0.4 is 5.32 Å². The van der Waals surface area contributed by atoms with Crippen molar-refractivity contribution in [3.05, 3.63) is 46.0 Å². The Morgan fingerprint density at radius 2 is 2.18 bits per heavy atom. The Hall–Kier alpha value is -2.17. The smallest absolute Gasteiger partial charge is 0.271 e. The molecule has 2 aliphatic carbocycles. The van der Waals surface area contributed by atoms with Crippen LogP contribution in [0.4, 0.5) is 11.4 Å². The summed E-state index contributed by atoms with van der Waals surface area (Å²) >= 11 is 0. The van der Waals surface area contributed by atoms with Crippen molar-refractivity contribution in [1.29, 1.82) is 0 Å². The third-order valence-electron chi connectivity index (χ3n) is 4.74. The number of benzene rings is 1. The van der Waals surface area contributed by atoms with Crippen LogP contribution in [0.25, 0.3) is 0 Å². The van der Waals surface area contributed by atoms with E-state index in [9.17, 15) is 14.9 Å². The number of allylic oxidation sites excluding steroid dienone is 2. The third-order valence-corrected chi connectivity index (χ3v) is 4.74. The molecule has 5 nitrogen and oxygen atoms in total. The number of carbonyl (C=O) groups excluding carboxylic acids is 1. The second-order valence-corrected chi connectivity index (χ2v) is 6.23. The minimum absolute atomic E-state index is 0.00242. The van der Waals surface area contributed by atoms with Gasteiger partial charge >= 0.3 is 0 Å². The van der Waals surface area contributed by atoms with Crippen molar-refractivity contribution in [2.45, 2.75) is 32.6 Å². The van der Waals surface area contributed by atoms with Crippen molar-refractivity contribution in [3.63, 3.8) is 0 Å². The highest BCUT2D eigenvalue weighted by Crippen LogP contribution is 2.51. The molecule has 3 rings (SSSR count). The van der Waals surface area contributed by atoms with Gasteiger partial charge in [-0.2, -0.15) is 0 Å². The first-order valence-electron chi connectivity index (χ1n) is 7.80. The Morgan fingerprint density at radius 1 is 1.36 bits per heavy atom. The van der Waals surface area contributed by atoms with Gasteiger partial charge in [-0.25, -0.2) is 0 Å². The molecule has 2 aliphatic rings. The molecule has 116 valence electrons. The number of nitro groups is 1. The number of nitrogens with one attached hydrogen (secondary N) is 1. The number of carbonyl (C=O) groups is 1. The summed E-state index contributed by atoms with van der Waals surface area (Å²) in [7, 11) is 0. The normalized spacial score (nSPS) is 26.5. The molecule has 0 saturated heterocycles. The Balaban J connectivity index is 1.72. The van der Waals surface area contributed by atoms with E-state index in [0.29, 0.717) is 17.5 Å². The zero-order chi connectivity index (χ0) is 15.7. The van der Waals surface area contributed by atoms with Gasteiger partial charge in [0.15, 0.2) is 0 Å². The van der Waals surface area contributed by atoms with Gasteiger partial charge in [-0.15, -0.1) is 0 Å². The van der Waals surface area contributed by atoms with Gasteiger partial charge in [0.05, 0.1) is 10.6 Å². The number of non-ortho nitro benzene ring substituents is 1. The van der Waals surface area contributed by atoms with E-state index in [1.807, 2.05) is 6.92 Å². The fraction of sp³-hybridized carbons (Fsp3) is 0.471. The molecule has 0 spiro atoms. The van der Waals surface area contributed by atoms with Crippen LogP contribution in [0.1, 0.15) is 31.2 Å². The molecule has 1 saturated carbocycles. The Morgan fingerprint density at radius 3 is 2.95 bits per heavy atom. The molecule has 0 bridgehead atoms. The standard InChI is InChI=1S/C17H20N2O3/c1-11-8-9-12(19(21)22)10-15(11)18-17(20)16-13-6-4-2-3-5-7-14(13)16/h4,6,8-10,13-14,16H,2-3,5,7H2,1H3,(H,18,20)/t13-,14+,16-/m1/s1. The first kappa shape index (κ1) is 14.8. The monoisotopic (exact) mass is 300 g/mol. The summed E-state index contributed by atoms with van der Waals surface area (Å²) in [6.45, 7) is 1.84. The number of hydrogen-bond acceptors (Lipinski definition) is 3. The summed E-state index contributed by atoms with van der Waals surface area (Å²) in [4.78, 5) is 22.9. The topological polar surface area (TPSA) is 72.2 Å². The lowest BCUT2D eigenvalue weighted by Gasteiger charge is -2.08. The fourth-order valence-corrected chi connectivity index (χ4v) is 3.37. The van der Waals surface area contributed by atoms with Crippen molar-refractivity contribution in [3.8, 4) is 0 Å². The first-order chi connectivity index (χ1) is 10.6. The zero-order valence-electron chi connectivity index (χ0n) is 12.6. The van der Waals surface area contributed by atoms with E-state index in [-0.39, 0.29) is 17.5 Å². The molecule has 1 aromatic carbocycles. The highest BCUT2D eigenvalue weighted by molar-refractivity contribution is 5.96. The quantitative estimate of drug-likeness (QED) is 0.524. The molecular formula is C17H20N2O3. The fourth-order valence-electron chi connectivity index (χ4n) is 3.37. The average Bonchev–Trinajstić information content (AvgIpc) is 3.12. The third kappa shape index (κ3) is 2.89. The van der Waals surface area contributed by atoms with Crippen LogP contribution in [0, 0.1) is 34.8 Å². The predicted molar refractivity (Wildman–Crippen MR) is 84.5 cm³/mol. The number of nitro benzene ring substituents is 1. The summed E-state index contributed by atoms with van der Waals surface area (Å²) in [5.74, 6) is 0.799. The van der Waals surface area contributed by atoms with Crippen LogP contribution in [0.3, 0.4) is 0 Å². The van der Waals surface area contributed by atoms with E-state index in [0.717, 1.165) is 18.4 Å². The zero-order valence-corrected chi connectivity index (χ0v) is 12.6. The predicted octanol–water partition coefficient (Wildman–Crippen LogP) is 3.83. The lowest BCUT2D eigenvalue weighted by atomic mass is 10.1. The maximum atomic E-state index is 12.5. The van der Waals surface area contributed by atoms with Gasteiger partial charge in [0.2, 0.25) is 5.91 Å². The first-order valence-corrected chi connectivity index (χ1v) is 7.80. The summed E-state index contributed by atoms with van der Waals surface area (Å²) in [5.41, 5.74) is 1.39. The molecule has 0 aromatic heterocycles. The molecule has 3 atom stereocenters. The number of rotatable bonds is 3. The SMILES string of the molecule is Cc1ccc([N+](=O)[O-])cc1NC(=O)[C@@H]1[C@@H]2C=CCCCC[C@@H]21. The second-order valence-electron chi connectivity index (χ2n) is 6.23. The average molecular weight is 300 g/mol. The van der Waals surface area contributed by atoms with Gasteiger partial charge in [-0.05, 0) is 43.6 Å². The van der Waals surface area contributed by atoms with Crippen LogP contribution >= 0.6 is 0 Å². The Labute approximate surface area is 129 Å². The van der Waals surface area contributed by atoms with Crippen molar-refractivity contribution >= 4 is 17.3 Å². The van der Waals surface area contributed by atoms with Crippen molar-refractivity contribution in [2.75, 3.05) is 5.32 Å². The molecule has 22 heavy (non-hydrogen) atoms. The minimum Gasteiger partial charge on any atom is -0.325 e. The van der Waals surface area contributed by atoms with E-state index < -0.39 is 4.92 Å².